The molecule has 136 valence electrons. The van der Waals surface area contributed by atoms with Crippen molar-refractivity contribution in [2.45, 2.75) is 110 Å². The zero-order valence-corrected chi connectivity index (χ0v) is 15.6. The van der Waals surface area contributed by atoms with Gasteiger partial charge in [-0.2, -0.15) is 0 Å². The number of ether oxygens (including phenoxy) is 1. The minimum atomic E-state index is -0.347. The topological polar surface area (TPSA) is 52.3 Å². The van der Waals surface area contributed by atoms with Gasteiger partial charge in [0, 0.05) is 6.92 Å². The maximum Gasteiger partial charge on any atom is 0.309 e. The molecule has 0 unspecified atom stereocenters. The Kier molecular flexibility index (Phi) is 16.6. The quantitative estimate of drug-likeness (QED) is 0.208. The summed E-state index contributed by atoms with van der Waals surface area (Å²) < 4.78 is 4.77. The molecule has 0 aliphatic carbocycles. The van der Waals surface area contributed by atoms with Crippen LogP contribution in [0.3, 0.4) is 0 Å². The number of esters is 1. The Bertz CT molecular complexity index is 300. The first-order valence-electron chi connectivity index (χ1n) is 9.81. The zero-order chi connectivity index (χ0) is 17.2. The second kappa shape index (κ2) is 17.4. The van der Waals surface area contributed by atoms with Crippen LogP contribution in [-0.4, -0.2) is 5.97 Å². The Morgan fingerprint density at radius 1 is 0.783 bits per heavy atom. The van der Waals surface area contributed by atoms with E-state index in [4.69, 9.17) is 10.5 Å². The second-order valence-electron chi connectivity index (χ2n) is 6.59. The van der Waals surface area contributed by atoms with Crippen molar-refractivity contribution in [2.24, 2.45) is 5.73 Å². The number of allylic oxidation sites excluding steroid dienone is 1. The summed E-state index contributed by atoms with van der Waals surface area (Å²) in [5.41, 5.74) is 5.55. The van der Waals surface area contributed by atoms with Gasteiger partial charge >= 0.3 is 5.97 Å². The van der Waals surface area contributed by atoms with Gasteiger partial charge in [-0.05, 0) is 18.9 Å². The third-order valence-electron chi connectivity index (χ3n) is 4.16. The molecule has 0 aliphatic heterocycles. The summed E-state index contributed by atoms with van der Waals surface area (Å²) in [4.78, 5) is 10.7. The van der Waals surface area contributed by atoms with Crippen molar-refractivity contribution in [2.75, 3.05) is 0 Å². The van der Waals surface area contributed by atoms with E-state index in [-0.39, 0.29) is 11.9 Å². The summed E-state index contributed by atoms with van der Waals surface area (Å²) >= 11 is 0. The summed E-state index contributed by atoms with van der Waals surface area (Å²) in [7, 11) is 0. The van der Waals surface area contributed by atoms with Crippen molar-refractivity contribution in [3.05, 3.63) is 12.0 Å². The van der Waals surface area contributed by atoms with E-state index in [1.807, 2.05) is 6.08 Å². The molecule has 0 aromatic rings. The van der Waals surface area contributed by atoms with Crippen LogP contribution in [0.5, 0.6) is 0 Å². The second-order valence-corrected chi connectivity index (χ2v) is 6.59. The van der Waals surface area contributed by atoms with Gasteiger partial charge < -0.3 is 10.5 Å². The van der Waals surface area contributed by atoms with E-state index in [0.29, 0.717) is 0 Å². The Morgan fingerprint density at radius 2 is 1.17 bits per heavy atom. The van der Waals surface area contributed by atoms with E-state index in [0.717, 1.165) is 12.8 Å². The number of hydrogen-bond donors (Lipinski definition) is 1. The molecule has 2 N–H and O–H groups in total. The number of carbonyl (C=O) groups excluding carboxylic acids is 1. The van der Waals surface area contributed by atoms with Gasteiger partial charge in [-0.3, -0.25) is 4.79 Å². The number of nitrogens with two attached hydrogens (primary N) is 1. The normalized spacial score (nSPS) is 11.7. The molecule has 0 radical (unpaired) electrons. The minimum Gasteiger partial charge on any atom is -0.411 e. The van der Waals surface area contributed by atoms with E-state index < -0.39 is 0 Å². The summed E-state index contributed by atoms with van der Waals surface area (Å²) in [6.45, 7) is 3.64. The van der Waals surface area contributed by atoms with E-state index >= 15 is 0 Å². The molecule has 0 saturated heterocycles. The molecule has 0 saturated carbocycles. The Morgan fingerprint density at radius 3 is 1.57 bits per heavy atom. The van der Waals surface area contributed by atoms with Crippen LogP contribution >= 0.6 is 0 Å². The Labute approximate surface area is 144 Å². The lowest BCUT2D eigenvalue weighted by Crippen LogP contribution is -2.06. The first-order valence-corrected chi connectivity index (χ1v) is 9.81. The summed E-state index contributed by atoms with van der Waals surface area (Å²) in [6, 6.07) is 0. The van der Waals surface area contributed by atoms with Crippen LogP contribution in [0.2, 0.25) is 0 Å². The summed E-state index contributed by atoms with van der Waals surface area (Å²) in [5, 5.41) is 0. The first-order chi connectivity index (χ1) is 11.2. The van der Waals surface area contributed by atoms with Gasteiger partial charge in [0.15, 0.2) is 5.88 Å². The van der Waals surface area contributed by atoms with Crippen molar-refractivity contribution in [1.29, 1.82) is 0 Å². The van der Waals surface area contributed by atoms with Crippen LogP contribution < -0.4 is 5.73 Å². The molecule has 0 aromatic carbocycles. The van der Waals surface area contributed by atoms with E-state index in [1.54, 1.807) is 0 Å². The van der Waals surface area contributed by atoms with Gasteiger partial charge in [0.1, 0.15) is 0 Å². The number of carbonyl (C=O) groups is 1. The molecule has 3 nitrogen and oxygen atoms in total. The molecule has 0 fully saturated rings. The van der Waals surface area contributed by atoms with Crippen molar-refractivity contribution < 1.29 is 9.53 Å². The third-order valence-corrected chi connectivity index (χ3v) is 4.16. The summed E-state index contributed by atoms with van der Waals surface area (Å²) in [6.07, 6.45) is 21.8. The predicted molar refractivity (Wildman–Crippen MR) is 99.0 cm³/mol. The van der Waals surface area contributed by atoms with Crippen LogP contribution in [-0.2, 0) is 9.53 Å². The molecular formula is C20H39NO2. The van der Waals surface area contributed by atoms with E-state index in [2.05, 4.69) is 6.92 Å². The van der Waals surface area contributed by atoms with Crippen molar-refractivity contribution >= 4 is 5.97 Å². The molecule has 0 amide bonds. The maximum atomic E-state index is 10.7. The number of rotatable bonds is 16. The fraction of sp³-hybridized carbons (Fsp3) is 0.850. The molecule has 0 atom stereocenters. The number of hydrogen-bond acceptors (Lipinski definition) is 3. The summed E-state index contributed by atoms with van der Waals surface area (Å²) in [5.74, 6) is -0.105. The van der Waals surface area contributed by atoms with Crippen molar-refractivity contribution in [3.8, 4) is 0 Å². The smallest absolute Gasteiger partial charge is 0.309 e. The average Bonchev–Trinajstić information content (AvgIpc) is 2.50. The van der Waals surface area contributed by atoms with E-state index in [1.165, 1.54) is 90.4 Å². The molecule has 0 aliphatic rings. The highest BCUT2D eigenvalue weighted by Gasteiger charge is 1.96. The monoisotopic (exact) mass is 325 g/mol. The minimum absolute atomic E-state index is 0.243. The lowest BCUT2D eigenvalue weighted by molar-refractivity contribution is -0.136. The fourth-order valence-electron chi connectivity index (χ4n) is 2.79. The van der Waals surface area contributed by atoms with Gasteiger partial charge in [0.25, 0.3) is 0 Å². The van der Waals surface area contributed by atoms with Crippen LogP contribution in [0.25, 0.3) is 0 Å². The number of unbranched alkanes of at least 4 members (excludes halogenated alkanes) is 14. The standard InChI is InChI=1S/C20H39NO2/c1-3-4-5-6-7-8-9-10-11-12-13-14-15-16-17-18-20(21)23-19(2)22/h18H,3-17,21H2,1-2H3. The largest absolute Gasteiger partial charge is 0.411 e. The molecule has 0 spiro atoms. The van der Waals surface area contributed by atoms with Crippen LogP contribution in [0.1, 0.15) is 110 Å². The van der Waals surface area contributed by atoms with Gasteiger partial charge in [0.2, 0.25) is 0 Å². The van der Waals surface area contributed by atoms with Gasteiger partial charge in [-0.25, -0.2) is 0 Å². The zero-order valence-electron chi connectivity index (χ0n) is 15.6. The molecule has 0 rings (SSSR count). The predicted octanol–water partition coefficient (Wildman–Crippen LogP) is 6.22. The molecule has 0 heterocycles. The van der Waals surface area contributed by atoms with Crippen LogP contribution in [0.15, 0.2) is 12.0 Å². The first kappa shape index (κ1) is 22.0. The Hall–Kier alpha value is -0.990. The molecule has 0 bridgehead atoms. The fourth-order valence-corrected chi connectivity index (χ4v) is 2.79. The highest BCUT2D eigenvalue weighted by molar-refractivity contribution is 5.67. The molecule has 23 heavy (non-hydrogen) atoms. The molecule has 0 aromatic heterocycles. The maximum absolute atomic E-state index is 10.7. The van der Waals surface area contributed by atoms with Crippen molar-refractivity contribution in [1.82, 2.24) is 0 Å². The van der Waals surface area contributed by atoms with Gasteiger partial charge in [-0.15, -0.1) is 0 Å². The van der Waals surface area contributed by atoms with Gasteiger partial charge in [0.05, 0.1) is 0 Å². The van der Waals surface area contributed by atoms with Gasteiger partial charge in [-0.1, -0.05) is 90.4 Å². The van der Waals surface area contributed by atoms with Crippen molar-refractivity contribution in [3.63, 3.8) is 0 Å². The highest BCUT2D eigenvalue weighted by Crippen LogP contribution is 2.13. The third kappa shape index (κ3) is 19.0. The Balaban J connectivity index is 3.15. The SMILES string of the molecule is CCCCCCCCCCCCCCCCC=C(N)OC(C)=O. The lowest BCUT2D eigenvalue weighted by atomic mass is 10.0. The lowest BCUT2D eigenvalue weighted by Gasteiger charge is -2.03. The highest BCUT2D eigenvalue weighted by atomic mass is 16.5. The van der Waals surface area contributed by atoms with E-state index in [9.17, 15) is 4.79 Å². The average molecular weight is 326 g/mol. The van der Waals surface area contributed by atoms with Crippen LogP contribution in [0, 0.1) is 0 Å². The molecular weight excluding hydrogens is 286 g/mol. The van der Waals surface area contributed by atoms with Crippen LogP contribution in [0.4, 0.5) is 0 Å². The molecule has 3 heteroatoms.